The van der Waals surface area contributed by atoms with Gasteiger partial charge in [-0.05, 0) is 57.0 Å². The highest BCUT2D eigenvalue weighted by Gasteiger charge is 2.09. The number of H-pyrrole nitrogens is 1. The number of amides is 1. The third-order valence-corrected chi connectivity index (χ3v) is 3.65. The normalized spacial score (nSPS) is 12.1. The van der Waals surface area contributed by atoms with E-state index in [1.165, 1.54) is 17.7 Å². The van der Waals surface area contributed by atoms with Crippen molar-refractivity contribution in [1.82, 2.24) is 15.5 Å². The highest BCUT2D eigenvalue weighted by atomic mass is 19.1. The number of nitrogens with zero attached hydrogens (tertiary/aromatic N) is 1. The fourth-order valence-electron chi connectivity index (χ4n) is 2.38. The van der Waals surface area contributed by atoms with Crippen molar-refractivity contribution < 1.29 is 9.18 Å². The molecular weight excluding hydrogens is 295 g/mol. The first-order chi connectivity index (χ1) is 11.0. The number of anilines is 1. The smallest absolute Gasteiger partial charge is 0.225 e. The van der Waals surface area contributed by atoms with Crippen LogP contribution < -0.4 is 10.6 Å². The molecule has 2 aromatic rings. The number of carbonyl (C=O) groups excluding carboxylic acids is 1. The van der Waals surface area contributed by atoms with Crippen LogP contribution in [0.25, 0.3) is 0 Å². The monoisotopic (exact) mass is 318 g/mol. The first-order valence-corrected chi connectivity index (χ1v) is 7.82. The lowest BCUT2D eigenvalue weighted by Gasteiger charge is -2.13. The molecule has 0 radical (unpaired) electrons. The molecule has 1 amide bonds. The summed E-state index contributed by atoms with van der Waals surface area (Å²) < 4.78 is 13.1. The van der Waals surface area contributed by atoms with E-state index in [1.54, 1.807) is 12.1 Å². The summed E-state index contributed by atoms with van der Waals surface area (Å²) in [6.07, 6.45) is 4.14. The Morgan fingerprint density at radius 3 is 2.96 bits per heavy atom. The number of aromatic amines is 1. The maximum absolute atomic E-state index is 13.1. The molecule has 23 heavy (non-hydrogen) atoms. The number of hydrogen-bond acceptors (Lipinski definition) is 3. The Bertz CT molecular complexity index is 641. The Balaban J connectivity index is 1.65. The largest absolute Gasteiger partial charge is 0.326 e. The fourth-order valence-corrected chi connectivity index (χ4v) is 2.38. The number of rotatable bonds is 8. The van der Waals surface area contributed by atoms with Crippen LogP contribution in [-0.4, -0.2) is 28.7 Å². The van der Waals surface area contributed by atoms with Gasteiger partial charge in [0.25, 0.3) is 0 Å². The van der Waals surface area contributed by atoms with Crippen molar-refractivity contribution >= 4 is 11.6 Å². The summed E-state index contributed by atoms with van der Waals surface area (Å²) in [5, 5.41) is 12.9. The van der Waals surface area contributed by atoms with E-state index in [2.05, 4.69) is 20.8 Å². The lowest BCUT2D eigenvalue weighted by Crippen LogP contribution is -2.31. The van der Waals surface area contributed by atoms with Gasteiger partial charge in [0.15, 0.2) is 0 Å². The lowest BCUT2D eigenvalue weighted by molar-refractivity contribution is -0.116. The molecule has 0 fully saturated rings. The Morgan fingerprint density at radius 1 is 1.43 bits per heavy atom. The van der Waals surface area contributed by atoms with Crippen molar-refractivity contribution in [1.29, 1.82) is 0 Å². The molecular formula is C17H23FN4O. The SMILES string of the molecule is Cc1[nH]ncc1CCCN[C@@H](C)CC(=O)Nc1cccc(F)c1. The minimum absolute atomic E-state index is 0.0639. The van der Waals surface area contributed by atoms with E-state index >= 15 is 0 Å². The first-order valence-electron chi connectivity index (χ1n) is 7.82. The van der Waals surface area contributed by atoms with Crippen LogP contribution in [-0.2, 0) is 11.2 Å². The third kappa shape index (κ3) is 5.83. The molecule has 0 saturated heterocycles. The average molecular weight is 318 g/mol. The lowest BCUT2D eigenvalue weighted by atomic mass is 10.1. The number of halogens is 1. The van der Waals surface area contributed by atoms with Gasteiger partial charge in [0.1, 0.15) is 5.82 Å². The van der Waals surface area contributed by atoms with Gasteiger partial charge in [-0.15, -0.1) is 0 Å². The van der Waals surface area contributed by atoms with Crippen molar-refractivity contribution in [2.24, 2.45) is 0 Å². The van der Waals surface area contributed by atoms with Gasteiger partial charge in [0.05, 0.1) is 6.20 Å². The maximum Gasteiger partial charge on any atom is 0.225 e. The Hall–Kier alpha value is -2.21. The van der Waals surface area contributed by atoms with Gasteiger partial charge in [0.2, 0.25) is 5.91 Å². The van der Waals surface area contributed by atoms with Gasteiger partial charge in [-0.2, -0.15) is 5.10 Å². The van der Waals surface area contributed by atoms with E-state index < -0.39 is 0 Å². The van der Waals surface area contributed by atoms with Crippen molar-refractivity contribution in [2.75, 3.05) is 11.9 Å². The van der Waals surface area contributed by atoms with Crippen molar-refractivity contribution in [3.63, 3.8) is 0 Å². The number of hydrogen-bond donors (Lipinski definition) is 3. The number of aryl methyl sites for hydroxylation is 2. The van der Waals surface area contributed by atoms with Crippen LogP contribution in [0.15, 0.2) is 30.5 Å². The van der Waals surface area contributed by atoms with Crippen LogP contribution in [0.1, 0.15) is 31.0 Å². The maximum atomic E-state index is 13.1. The third-order valence-electron chi connectivity index (χ3n) is 3.65. The van der Waals surface area contributed by atoms with Crippen molar-refractivity contribution in [2.45, 2.75) is 39.2 Å². The summed E-state index contributed by atoms with van der Waals surface area (Å²) in [6, 6.07) is 5.97. The summed E-state index contributed by atoms with van der Waals surface area (Å²) in [5.41, 5.74) is 2.81. The summed E-state index contributed by atoms with van der Waals surface area (Å²) in [7, 11) is 0. The zero-order valence-corrected chi connectivity index (χ0v) is 13.5. The second-order valence-electron chi connectivity index (χ2n) is 5.74. The van der Waals surface area contributed by atoms with E-state index in [0.29, 0.717) is 12.1 Å². The molecule has 0 bridgehead atoms. The average Bonchev–Trinajstić information content (AvgIpc) is 2.89. The zero-order chi connectivity index (χ0) is 16.7. The van der Waals surface area contributed by atoms with Gasteiger partial charge in [-0.25, -0.2) is 4.39 Å². The highest BCUT2D eigenvalue weighted by molar-refractivity contribution is 5.91. The molecule has 5 nitrogen and oxygen atoms in total. The van der Waals surface area contributed by atoms with Crippen LogP contribution in [0.5, 0.6) is 0 Å². The second kappa shape index (κ2) is 8.43. The van der Waals surface area contributed by atoms with Crippen LogP contribution >= 0.6 is 0 Å². The van der Waals surface area contributed by atoms with E-state index in [0.717, 1.165) is 25.1 Å². The number of aromatic nitrogens is 2. The van der Waals surface area contributed by atoms with E-state index in [4.69, 9.17) is 0 Å². The molecule has 1 aromatic heterocycles. The number of nitrogens with one attached hydrogen (secondary N) is 3. The van der Waals surface area contributed by atoms with Crippen LogP contribution in [0, 0.1) is 12.7 Å². The predicted octanol–water partition coefficient (Wildman–Crippen LogP) is 2.80. The predicted molar refractivity (Wildman–Crippen MR) is 88.8 cm³/mol. The summed E-state index contributed by atoms with van der Waals surface area (Å²) in [5.74, 6) is -0.482. The minimum atomic E-state index is -0.358. The molecule has 124 valence electrons. The van der Waals surface area contributed by atoms with Gasteiger partial charge in [-0.3, -0.25) is 9.89 Å². The summed E-state index contributed by atoms with van der Waals surface area (Å²) >= 11 is 0. The molecule has 0 saturated carbocycles. The Labute approximate surface area is 135 Å². The minimum Gasteiger partial charge on any atom is -0.326 e. The molecule has 0 aliphatic rings. The molecule has 1 aromatic carbocycles. The standard InChI is InChI=1S/C17H23FN4O/c1-12(19-8-4-5-14-11-20-22-13(14)2)9-17(23)21-16-7-3-6-15(18)10-16/h3,6-7,10-12,19H,4-5,8-9H2,1-2H3,(H,20,22)(H,21,23)/t12-/m0/s1. The molecule has 0 aliphatic heterocycles. The molecule has 6 heteroatoms. The molecule has 0 spiro atoms. The first kappa shape index (κ1) is 17.1. The van der Waals surface area contributed by atoms with Gasteiger partial charge >= 0.3 is 0 Å². The number of carbonyl (C=O) groups is 1. The van der Waals surface area contributed by atoms with Crippen LogP contribution in [0.3, 0.4) is 0 Å². The van der Waals surface area contributed by atoms with E-state index in [9.17, 15) is 9.18 Å². The number of benzene rings is 1. The topological polar surface area (TPSA) is 69.8 Å². The van der Waals surface area contributed by atoms with Crippen LogP contribution in [0.2, 0.25) is 0 Å². The molecule has 2 rings (SSSR count). The summed E-state index contributed by atoms with van der Waals surface area (Å²) in [4.78, 5) is 11.9. The van der Waals surface area contributed by atoms with Gasteiger partial charge < -0.3 is 10.6 Å². The van der Waals surface area contributed by atoms with Gasteiger partial charge in [-0.1, -0.05) is 6.07 Å². The molecule has 1 atom stereocenters. The molecule has 3 N–H and O–H groups in total. The molecule has 0 unspecified atom stereocenters. The highest BCUT2D eigenvalue weighted by Crippen LogP contribution is 2.10. The Morgan fingerprint density at radius 2 is 2.26 bits per heavy atom. The van der Waals surface area contributed by atoms with Crippen molar-refractivity contribution in [3.8, 4) is 0 Å². The Kier molecular flexibility index (Phi) is 6.29. The quantitative estimate of drug-likeness (QED) is 0.656. The van der Waals surface area contributed by atoms with Crippen LogP contribution in [0.4, 0.5) is 10.1 Å². The molecule has 0 aliphatic carbocycles. The zero-order valence-electron chi connectivity index (χ0n) is 13.5. The molecule has 1 heterocycles. The van der Waals surface area contributed by atoms with Crippen molar-refractivity contribution in [3.05, 3.63) is 47.5 Å². The van der Waals surface area contributed by atoms with Gasteiger partial charge in [0, 0.05) is 23.8 Å². The fraction of sp³-hybridized carbons (Fsp3) is 0.412. The summed E-state index contributed by atoms with van der Waals surface area (Å²) in [6.45, 7) is 4.81. The van der Waals surface area contributed by atoms with E-state index in [1.807, 2.05) is 20.0 Å². The second-order valence-corrected chi connectivity index (χ2v) is 5.74. The van der Waals surface area contributed by atoms with E-state index in [-0.39, 0.29) is 17.8 Å².